The van der Waals surface area contributed by atoms with Crippen molar-refractivity contribution in [3.63, 3.8) is 0 Å². The number of anilines is 1. The zero-order chi connectivity index (χ0) is 15.1. The molecule has 0 unspecified atom stereocenters. The Kier molecular flexibility index (Phi) is 2.92. The minimum atomic E-state index is -0.211. The minimum absolute atomic E-state index is 0.211. The number of aromatic nitrogens is 4. The zero-order valence-corrected chi connectivity index (χ0v) is 12.2. The van der Waals surface area contributed by atoms with E-state index in [1.807, 2.05) is 6.07 Å². The maximum absolute atomic E-state index is 12.6. The molecular formula is C15H15N5O2. The van der Waals surface area contributed by atoms with Crippen LogP contribution in [0.3, 0.4) is 0 Å². The van der Waals surface area contributed by atoms with Gasteiger partial charge in [0.2, 0.25) is 0 Å². The van der Waals surface area contributed by atoms with E-state index in [0.717, 1.165) is 36.9 Å². The van der Waals surface area contributed by atoms with Crippen molar-refractivity contribution in [2.24, 2.45) is 7.05 Å². The Labute approximate surface area is 126 Å². The topological polar surface area (TPSA) is 85.8 Å². The van der Waals surface area contributed by atoms with Crippen LogP contribution in [0.2, 0.25) is 0 Å². The number of amides is 1. The highest BCUT2D eigenvalue weighted by Gasteiger charge is 2.25. The van der Waals surface area contributed by atoms with Gasteiger partial charge in [-0.2, -0.15) is 5.10 Å². The molecule has 1 aliphatic rings. The second-order valence-corrected chi connectivity index (χ2v) is 5.45. The molecule has 0 radical (unpaired) electrons. The van der Waals surface area contributed by atoms with Gasteiger partial charge in [-0.1, -0.05) is 5.16 Å². The van der Waals surface area contributed by atoms with E-state index in [2.05, 4.69) is 20.6 Å². The number of aryl methyl sites for hydroxylation is 2. The Hall–Kier alpha value is -2.70. The number of hydrogen-bond acceptors (Lipinski definition) is 5. The molecule has 1 aliphatic carbocycles. The van der Waals surface area contributed by atoms with E-state index in [1.54, 1.807) is 24.0 Å². The summed E-state index contributed by atoms with van der Waals surface area (Å²) in [6, 6.07) is 3.59. The number of fused-ring (bicyclic) bond motifs is 2. The first-order valence-electron chi connectivity index (χ1n) is 7.30. The third kappa shape index (κ3) is 1.97. The van der Waals surface area contributed by atoms with Gasteiger partial charge in [0.25, 0.3) is 11.6 Å². The van der Waals surface area contributed by atoms with E-state index in [1.165, 1.54) is 0 Å². The standard InChI is InChI=1S/C15H15N5O2/c1-20-12(9-5-2-3-7-11(9)18-20)14(21)17-13-10-6-4-8-16-15(10)22-19-13/h4,6,8H,2-3,5,7H2,1H3,(H,17,19,21). The second-order valence-electron chi connectivity index (χ2n) is 5.45. The molecule has 3 aromatic heterocycles. The molecular weight excluding hydrogens is 282 g/mol. The summed E-state index contributed by atoms with van der Waals surface area (Å²) in [5.41, 5.74) is 3.10. The van der Waals surface area contributed by atoms with Crippen LogP contribution >= 0.6 is 0 Å². The summed E-state index contributed by atoms with van der Waals surface area (Å²) >= 11 is 0. The molecule has 0 aromatic carbocycles. The number of carbonyl (C=O) groups excluding carboxylic acids is 1. The summed E-state index contributed by atoms with van der Waals surface area (Å²) in [6.07, 6.45) is 5.68. The maximum atomic E-state index is 12.6. The molecule has 0 saturated carbocycles. The molecule has 7 nitrogen and oxygen atoms in total. The zero-order valence-electron chi connectivity index (χ0n) is 12.2. The van der Waals surface area contributed by atoms with Gasteiger partial charge in [0, 0.05) is 18.8 Å². The van der Waals surface area contributed by atoms with E-state index >= 15 is 0 Å². The number of nitrogens with zero attached hydrogens (tertiary/aromatic N) is 4. The average Bonchev–Trinajstić information content (AvgIpc) is 3.07. The van der Waals surface area contributed by atoms with Crippen molar-refractivity contribution in [3.05, 3.63) is 35.3 Å². The Morgan fingerprint density at radius 1 is 1.36 bits per heavy atom. The van der Waals surface area contributed by atoms with Crippen molar-refractivity contribution in [1.82, 2.24) is 19.9 Å². The summed E-state index contributed by atoms with van der Waals surface area (Å²) < 4.78 is 6.77. The van der Waals surface area contributed by atoms with Gasteiger partial charge in [0.1, 0.15) is 5.69 Å². The second kappa shape index (κ2) is 4.94. The predicted molar refractivity (Wildman–Crippen MR) is 79.6 cm³/mol. The van der Waals surface area contributed by atoms with Crippen LogP contribution in [-0.2, 0) is 19.9 Å². The Morgan fingerprint density at radius 2 is 2.23 bits per heavy atom. The number of rotatable bonds is 2. The van der Waals surface area contributed by atoms with Gasteiger partial charge in [-0.05, 0) is 37.8 Å². The van der Waals surface area contributed by atoms with Crippen LogP contribution < -0.4 is 5.32 Å². The van der Waals surface area contributed by atoms with Gasteiger partial charge >= 0.3 is 0 Å². The third-order valence-corrected chi connectivity index (χ3v) is 4.02. The summed E-state index contributed by atoms with van der Waals surface area (Å²) in [6.45, 7) is 0. The van der Waals surface area contributed by atoms with Crippen molar-refractivity contribution >= 4 is 22.8 Å². The molecule has 0 atom stereocenters. The lowest BCUT2D eigenvalue weighted by Gasteiger charge is -2.10. The lowest BCUT2D eigenvalue weighted by atomic mass is 9.95. The van der Waals surface area contributed by atoms with E-state index in [4.69, 9.17) is 4.52 Å². The van der Waals surface area contributed by atoms with Crippen LogP contribution in [0.1, 0.15) is 34.6 Å². The Balaban J connectivity index is 1.69. The fourth-order valence-electron chi connectivity index (χ4n) is 3.00. The van der Waals surface area contributed by atoms with Crippen molar-refractivity contribution in [1.29, 1.82) is 0 Å². The van der Waals surface area contributed by atoms with Crippen LogP contribution in [0.15, 0.2) is 22.9 Å². The first kappa shape index (κ1) is 13.0. The van der Waals surface area contributed by atoms with Gasteiger partial charge in [-0.15, -0.1) is 0 Å². The summed E-state index contributed by atoms with van der Waals surface area (Å²) in [5.74, 6) is 0.177. The first-order chi connectivity index (χ1) is 10.7. The van der Waals surface area contributed by atoms with Crippen molar-refractivity contribution in [2.45, 2.75) is 25.7 Å². The molecule has 0 bridgehead atoms. The fraction of sp³-hybridized carbons (Fsp3) is 0.333. The van der Waals surface area contributed by atoms with Gasteiger partial charge in [-0.3, -0.25) is 9.48 Å². The highest BCUT2D eigenvalue weighted by molar-refractivity contribution is 6.07. The van der Waals surface area contributed by atoms with Crippen molar-refractivity contribution in [2.75, 3.05) is 5.32 Å². The smallest absolute Gasteiger partial charge is 0.275 e. The lowest BCUT2D eigenvalue weighted by molar-refractivity contribution is 0.101. The quantitative estimate of drug-likeness (QED) is 0.782. The van der Waals surface area contributed by atoms with Crippen LogP contribution in [0.4, 0.5) is 5.82 Å². The average molecular weight is 297 g/mol. The normalized spacial score (nSPS) is 14.0. The van der Waals surface area contributed by atoms with Gasteiger partial charge in [-0.25, -0.2) is 4.98 Å². The van der Waals surface area contributed by atoms with Crippen molar-refractivity contribution in [3.8, 4) is 0 Å². The van der Waals surface area contributed by atoms with Gasteiger partial charge in [0.05, 0.1) is 11.1 Å². The highest BCUT2D eigenvalue weighted by atomic mass is 16.5. The van der Waals surface area contributed by atoms with Crippen LogP contribution in [0, 0.1) is 0 Å². The van der Waals surface area contributed by atoms with E-state index in [0.29, 0.717) is 22.6 Å². The largest absolute Gasteiger partial charge is 0.334 e. The maximum Gasteiger partial charge on any atom is 0.275 e. The fourth-order valence-corrected chi connectivity index (χ4v) is 3.00. The van der Waals surface area contributed by atoms with E-state index in [9.17, 15) is 4.79 Å². The lowest BCUT2D eigenvalue weighted by Crippen LogP contribution is -2.18. The van der Waals surface area contributed by atoms with Crippen LogP contribution in [0.25, 0.3) is 11.1 Å². The van der Waals surface area contributed by atoms with E-state index in [-0.39, 0.29) is 5.91 Å². The summed E-state index contributed by atoms with van der Waals surface area (Å²) in [4.78, 5) is 16.7. The Morgan fingerprint density at radius 3 is 3.14 bits per heavy atom. The third-order valence-electron chi connectivity index (χ3n) is 4.02. The highest BCUT2D eigenvalue weighted by Crippen LogP contribution is 2.25. The molecule has 22 heavy (non-hydrogen) atoms. The SMILES string of the molecule is Cn1nc2c(c1C(=O)Nc1noc3ncccc13)CCCC2. The minimum Gasteiger partial charge on any atom is -0.334 e. The van der Waals surface area contributed by atoms with Gasteiger partial charge < -0.3 is 9.84 Å². The number of nitrogens with one attached hydrogen (secondary N) is 1. The molecule has 7 heteroatoms. The summed E-state index contributed by atoms with van der Waals surface area (Å²) in [5, 5.41) is 11.9. The van der Waals surface area contributed by atoms with Crippen molar-refractivity contribution < 1.29 is 9.32 Å². The number of pyridine rings is 1. The van der Waals surface area contributed by atoms with Gasteiger partial charge in [0.15, 0.2) is 5.82 Å². The molecule has 1 N–H and O–H groups in total. The Bertz CT molecular complexity index is 864. The molecule has 0 saturated heterocycles. The molecule has 112 valence electrons. The first-order valence-corrected chi connectivity index (χ1v) is 7.30. The monoisotopic (exact) mass is 297 g/mol. The molecule has 3 heterocycles. The molecule has 0 aliphatic heterocycles. The molecule has 0 fully saturated rings. The number of carbonyl (C=O) groups is 1. The van der Waals surface area contributed by atoms with E-state index < -0.39 is 0 Å². The number of hydrogen-bond donors (Lipinski definition) is 1. The molecule has 4 rings (SSSR count). The van der Waals surface area contributed by atoms with Crippen LogP contribution in [0.5, 0.6) is 0 Å². The van der Waals surface area contributed by atoms with Crippen LogP contribution in [-0.4, -0.2) is 25.8 Å². The molecule has 3 aromatic rings. The molecule has 1 amide bonds. The predicted octanol–water partition coefficient (Wildman–Crippen LogP) is 2.09. The summed E-state index contributed by atoms with van der Waals surface area (Å²) in [7, 11) is 1.80. The molecule has 0 spiro atoms.